The third kappa shape index (κ3) is 6.36. The highest BCUT2D eigenvalue weighted by atomic mass is 16.5. The predicted molar refractivity (Wildman–Crippen MR) is 162 cm³/mol. The minimum absolute atomic E-state index is 0.0777. The van der Waals surface area contributed by atoms with E-state index in [0.717, 1.165) is 16.5 Å². The summed E-state index contributed by atoms with van der Waals surface area (Å²) in [7, 11) is 4.50. The van der Waals surface area contributed by atoms with Gasteiger partial charge in [-0.3, -0.25) is 19.2 Å². The molecule has 11 heteroatoms. The van der Waals surface area contributed by atoms with Crippen molar-refractivity contribution in [1.82, 2.24) is 20.5 Å². The van der Waals surface area contributed by atoms with E-state index in [9.17, 15) is 19.2 Å². The van der Waals surface area contributed by atoms with Crippen LogP contribution in [-0.2, 0) is 32.1 Å². The second-order valence-corrected chi connectivity index (χ2v) is 10.4. The molecule has 2 heterocycles. The number of ether oxygens (including phenoxy) is 3. The normalized spacial score (nSPS) is 15.4. The third-order valence-corrected chi connectivity index (χ3v) is 7.67. The van der Waals surface area contributed by atoms with E-state index >= 15 is 0 Å². The van der Waals surface area contributed by atoms with Crippen molar-refractivity contribution in [3.8, 4) is 17.2 Å². The predicted octanol–water partition coefficient (Wildman–Crippen LogP) is 2.94. The summed E-state index contributed by atoms with van der Waals surface area (Å²) in [6, 6.07) is 19.0. The van der Waals surface area contributed by atoms with Gasteiger partial charge in [-0.15, -0.1) is 0 Å². The number of carbonyl (C=O) groups excluding carboxylic acids is 4. The lowest BCUT2D eigenvalue weighted by Crippen LogP contribution is -2.55. The number of ketones is 1. The summed E-state index contributed by atoms with van der Waals surface area (Å²) in [5.74, 6) is -1.64. The molecule has 1 saturated heterocycles. The quantitative estimate of drug-likeness (QED) is 0.213. The molecule has 0 spiro atoms. The third-order valence-electron chi connectivity index (χ3n) is 7.67. The van der Waals surface area contributed by atoms with Gasteiger partial charge in [0.05, 0.1) is 27.9 Å². The van der Waals surface area contributed by atoms with Crippen molar-refractivity contribution in [3.63, 3.8) is 0 Å². The van der Waals surface area contributed by atoms with E-state index in [1.807, 2.05) is 30.3 Å². The minimum atomic E-state index is -1.13. The minimum Gasteiger partial charge on any atom is -0.493 e. The van der Waals surface area contributed by atoms with Crippen LogP contribution in [0, 0.1) is 5.92 Å². The van der Waals surface area contributed by atoms with Crippen molar-refractivity contribution in [1.29, 1.82) is 0 Å². The molecule has 0 saturated carbocycles. The molecule has 1 aliphatic heterocycles. The van der Waals surface area contributed by atoms with Crippen LogP contribution < -0.4 is 24.8 Å². The Hall–Kier alpha value is -5.32. The highest BCUT2D eigenvalue weighted by Crippen LogP contribution is 2.38. The van der Waals surface area contributed by atoms with Gasteiger partial charge in [0.1, 0.15) is 18.5 Å². The first kappa shape index (κ1) is 30.1. The van der Waals surface area contributed by atoms with E-state index in [4.69, 9.17) is 14.2 Å². The molecule has 3 amide bonds. The molecule has 11 nitrogen and oxygen atoms in total. The molecule has 0 radical (unpaired) electrons. The van der Waals surface area contributed by atoms with Crippen molar-refractivity contribution >= 4 is 34.4 Å². The molecule has 228 valence electrons. The molecular weight excluding hydrogens is 564 g/mol. The molecule has 0 aliphatic carbocycles. The fraction of sp³-hybridized carbons (Fsp3) is 0.273. The van der Waals surface area contributed by atoms with Gasteiger partial charge in [-0.25, -0.2) is 0 Å². The summed E-state index contributed by atoms with van der Waals surface area (Å²) in [5.41, 5.74) is 2.94. The van der Waals surface area contributed by atoms with Crippen molar-refractivity contribution < 1.29 is 33.4 Å². The SMILES string of the molecule is COc1cc(CNC(=O)C(Cc2c[nH]c3ccccc23)C(=O)CN2CC(=O)NC(c3ccccc3)C2=O)cc(OC)c1OC. The molecule has 2 atom stereocenters. The Labute approximate surface area is 254 Å². The maximum Gasteiger partial charge on any atom is 0.250 e. The van der Waals surface area contributed by atoms with Crippen LogP contribution in [0.3, 0.4) is 0 Å². The molecule has 1 aromatic heterocycles. The largest absolute Gasteiger partial charge is 0.493 e. The number of amides is 3. The zero-order valence-corrected chi connectivity index (χ0v) is 24.7. The number of Topliss-reactive ketones (excluding diaryl/α,β-unsaturated/α-hetero) is 1. The molecule has 4 aromatic rings. The van der Waals surface area contributed by atoms with Gasteiger partial charge in [-0.2, -0.15) is 0 Å². The molecule has 0 bridgehead atoms. The van der Waals surface area contributed by atoms with Crippen LogP contribution in [0.15, 0.2) is 72.9 Å². The number of nitrogens with one attached hydrogen (secondary N) is 3. The Balaban J connectivity index is 1.39. The monoisotopic (exact) mass is 598 g/mol. The number of rotatable bonds is 12. The number of benzene rings is 3. The van der Waals surface area contributed by atoms with Gasteiger partial charge >= 0.3 is 0 Å². The van der Waals surface area contributed by atoms with Crippen molar-refractivity contribution in [2.24, 2.45) is 5.92 Å². The second-order valence-electron chi connectivity index (χ2n) is 10.4. The van der Waals surface area contributed by atoms with Gasteiger partial charge in [0, 0.05) is 23.6 Å². The number of fused-ring (bicyclic) bond motifs is 1. The maximum absolute atomic E-state index is 13.9. The average molecular weight is 599 g/mol. The van der Waals surface area contributed by atoms with E-state index in [1.165, 1.54) is 26.2 Å². The first-order valence-electron chi connectivity index (χ1n) is 14.1. The lowest BCUT2D eigenvalue weighted by molar-refractivity contribution is -0.147. The van der Waals surface area contributed by atoms with E-state index in [-0.39, 0.29) is 32.0 Å². The van der Waals surface area contributed by atoms with Gasteiger partial charge in [0.25, 0.3) is 5.91 Å². The second kappa shape index (κ2) is 13.3. The number of piperazine rings is 1. The highest BCUT2D eigenvalue weighted by Gasteiger charge is 2.37. The molecule has 5 rings (SSSR count). The number of hydrogen-bond acceptors (Lipinski definition) is 7. The zero-order chi connectivity index (χ0) is 31.2. The smallest absolute Gasteiger partial charge is 0.250 e. The topological polar surface area (TPSA) is 139 Å². The van der Waals surface area contributed by atoms with E-state index in [2.05, 4.69) is 15.6 Å². The molecule has 1 fully saturated rings. The highest BCUT2D eigenvalue weighted by molar-refractivity contribution is 6.05. The van der Waals surface area contributed by atoms with Crippen molar-refractivity contribution in [3.05, 3.63) is 89.6 Å². The van der Waals surface area contributed by atoms with Gasteiger partial charge in [0.2, 0.25) is 17.6 Å². The number of carbonyl (C=O) groups is 4. The lowest BCUT2D eigenvalue weighted by atomic mass is 9.93. The molecular formula is C33H34N4O7. The van der Waals surface area contributed by atoms with Crippen molar-refractivity contribution in [2.75, 3.05) is 34.4 Å². The Bertz CT molecular complexity index is 1660. The Morgan fingerprint density at radius 1 is 0.955 bits per heavy atom. The summed E-state index contributed by atoms with van der Waals surface area (Å²) in [6.07, 6.45) is 1.88. The van der Waals surface area contributed by atoms with Crippen LogP contribution in [0.1, 0.15) is 22.7 Å². The van der Waals surface area contributed by atoms with Crippen molar-refractivity contribution in [2.45, 2.75) is 19.0 Å². The number of nitrogens with zero attached hydrogens (tertiary/aromatic N) is 1. The average Bonchev–Trinajstić information content (AvgIpc) is 3.46. The molecule has 3 aromatic carbocycles. The van der Waals surface area contributed by atoms with Crippen LogP contribution in [0.25, 0.3) is 10.9 Å². The summed E-state index contributed by atoms with van der Waals surface area (Å²) in [5, 5.41) is 6.46. The number of para-hydroxylation sites is 1. The summed E-state index contributed by atoms with van der Waals surface area (Å²) in [4.78, 5) is 57.9. The Morgan fingerprint density at radius 2 is 1.64 bits per heavy atom. The van der Waals surface area contributed by atoms with Crippen LogP contribution in [0.2, 0.25) is 0 Å². The van der Waals surface area contributed by atoms with E-state index in [1.54, 1.807) is 42.6 Å². The van der Waals surface area contributed by atoms with Crippen LogP contribution in [0.4, 0.5) is 0 Å². The van der Waals surface area contributed by atoms with Crippen LogP contribution in [-0.4, -0.2) is 67.8 Å². The van der Waals surface area contributed by atoms with Gasteiger partial charge < -0.3 is 34.7 Å². The Morgan fingerprint density at radius 3 is 2.32 bits per heavy atom. The number of methoxy groups -OCH3 is 3. The molecule has 44 heavy (non-hydrogen) atoms. The first-order chi connectivity index (χ1) is 21.3. The summed E-state index contributed by atoms with van der Waals surface area (Å²) >= 11 is 0. The molecule has 1 aliphatic rings. The number of aromatic nitrogens is 1. The zero-order valence-electron chi connectivity index (χ0n) is 24.7. The maximum atomic E-state index is 13.9. The number of hydrogen-bond donors (Lipinski definition) is 3. The van der Waals surface area contributed by atoms with Crippen LogP contribution in [0.5, 0.6) is 17.2 Å². The lowest BCUT2D eigenvalue weighted by Gasteiger charge is -2.33. The van der Waals surface area contributed by atoms with Gasteiger partial charge in [-0.05, 0) is 41.3 Å². The van der Waals surface area contributed by atoms with E-state index in [0.29, 0.717) is 28.4 Å². The first-order valence-corrected chi connectivity index (χ1v) is 14.1. The summed E-state index contributed by atoms with van der Waals surface area (Å²) in [6.45, 7) is -0.588. The molecule has 2 unspecified atom stereocenters. The van der Waals surface area contributed by atoms with E-state index < -0.39 is 29.6 Å². The number of aromatic amines is 1. The fourth-order valence-corrected chi connectivity index (χ4v) is 5.43. The molecule has 3 N–H and O–H groups in total. The van der Waals surface area contributed by atoms with Gasteiger partial charge in [0.15, 0.2) is 17.3 Å². The summed E-state index contributed by atoms with van der Waals surface area (Å²) < 4.78 is 16.2. The standard InChI is InChI=1S/C33H34N4O7/c1-42-27-13-20(14-28(43-2)31(27)44-3)16-35-32(40)24(15-22-17-34-25-12-8-7-11-23(22)25)26(38)18-37-19-29(39)36-30(33(37)41)21-9-5-4-6-10-21/h4-14,17,24,30,34H,15-16,18-19H2,1-3H3,(H,35,40)(H,36,39). The van der Waals surface area contributed by atoms with Gasteiger partial charge in [-0.1, -0.05) is 48.5 Å². The number of H-pyrrole nitrogens is 1. The fourth-order valence-electron chi connectivity index (χ4n) is 5.43. The van der Waals surface area contributed by atoms with Crippen LogP contribution >= 0.6 is 0 Å². The Kier molecular flexibility index (Phi) is 9.13.